The van der Waals surface area contributed by atoms with Gasteiger partial charge in [-0.15, -0.1) is 11.3 Å². The Bertz CT molecular complexity index is 680. The van der Waals surface area contributed by atoms with Gasteiger partial charge >= 0.3 is 0 Å². The van der Waals surface area contributed by atoms with E-state index in [-0.39, 0.29) is 0 Å². The molecule has 0 aliphatic rings. The first-order chi connectivity index (χ1) is 9.22. The molecule has 0 saturated carbocycles. The van der Waals surface area contributed by atoms with Crippen LogP contribution < -0.4 is 4.74 Å². The average molecular weight is 268 g/mol. The van der Waals surface area contributed by atoms with Crippen LogP contribution in [0.4, 0.5) is 0 Å². The van der Waals surface area contributed by atoms with Gasteiger partial charge in [0.2, 0.25) is 0 Å². The van der Waals surface area contributed by atoms with Crippen LogP contribution in [0.5, 0.6) is 11.5 Å². The van der Waals surface area contributed by atoms with E-state index in [4.69, 9.17) is 4.74 Å². The summed E-state index contributed by atoms with van der Waals surface area (Å²) in [5, 5.41) is 3.37. The van der Waals surface area contributed by atoms with Gasteiger partial charge in [-0.05, 0) is 58.6 Å². The highest BCUT2D eigenvalue weighted by molar-refractivity contribution is 7.17. The summed E-state index contributed by atoms with van der Waals surface area (Å²) < 4.78 is 7.16. The summed E-state index contributed by atoms with van der Waals surface area (Å²) in [6, 6.07) is 16.7. The Morgan fingerprint density at radius 3 is 2.37 bits per heavy atom. The van der Waals surface area contributed by atoms with Crippen LogP contribution in [0.1, 0.15) is 25.3 Å². The lowest BCUT2D eigenvalue weighted by molar-refractivity contribution is 0.483. The molecule has 0 N–H and O–H groups in total. The van der Waals surface area contributed by atoms with Crippen LogP contribution in [0.15, 0.2) is 53.9 Å². The predicted octanol–water partition coefficient (Wildman–Crippen LogP) is 5.82. The molecule has 3 rings (SSSR count). The molecule has 1 nitrogen and oxygen atoms in total. The first-order valence-electron chi connectivity index (χ1n) is 6.47. The first kappa shape index (κ1) is 12.2. The minimum absolute atomic E-state index is 0.552. The molecule has 1 aromatic heterocycles. The molecule has 0 amide bonds. The van der Waals surface area contributed by atoms with Gasteiger partial charge in [-0.3, -0.25) is 0 Å². The summed E-state index contributed by atoms with van der Waals surface area (Å²) in [5.41, 5.74) is 1.33. The van der Waals surface area contributed by atoms with Crippen molar-refractivity contribution in [3.05, 3.63) is 59.5 Å². The molecule has 0 atom stereocenters. The van der Waals surface area contributed by atoms with E-state index in [1.54, 1.807) is 11.3 Å². The normalized spacial score (nSPS) is 11.1. The number of ether oxygens (including phenoxy) is 1. The van der Waals surface area contributed by atoms with Crippen LogP contribution in [0.25, 0.3) is 10.1 Å². The molecule has 0 saturated heterocycles. The molecule has 0 unspecified atom stereocenters. The number of hydrogen-bond acceptors (Lipinski definition) is 2. The van der Waals surface area contributed by atoms with Gasteiger partial charge in [0.05, 0.1) is 0 Å². The first-order valence-corrected chi connectivity index (χ1v) is 7.35. The van der Waals surface area contributed by atoms with Crippen LogP contribution in [-0.2, 0) is 0 Å². The van der Waals surface area contributed by atoms with Crippen LogP contribution >= 0.6 is 11.3 Å². The zero-order valence-corrected chi connectivity index (χ0v) is 11.9. The molecule has 3 aromatic rings. The van der Waals surface area contributed by atoms with Gasteiger partial charge in [0.15, 0.2) is 0 Å². The SMILES string of the molecule is CC(C)c1ccc(Oc2ccc3ccsc3c2)cc1. The Balaban J connectivity index is 1.83. The molecule has 0 aliphatic carbocycles. The minimum Gasteiger partial charge on any atom is -0.457 e. The monoisotopic (exact) mass is 268 g/mol. The number of rotatable bonds is 3. The van der Waals surface area contributed by atoms with Crippen LogP contribution in [0.2, 0.25) is 0 Å². The zero-order valence-electron chi connectivity index (χ0n) is 11.1. The molecule has 0 spiro atoms. The van der Waals surface area contributed by atoms with E-state index in [1.807, 2.05) is 18.2 Å². The lowest BCUT2D eigenvalue weighted by Gasteiger charge is -2.08. The van der Waals surface area contributed by atoms with Crippen molar-refractivity contribution in [3.63, 3.8) is 0 Å². The van der Waals surface area contributed by atoms with E-state index < -0.39 is 0 Å². The van der Waals surface area contributed by atoms with Crippen molar-refractivity contribution >= 4 is 21.4 Å². The molecule has 0 radical (unpaired) electrons. The largest absolute Gasteiger partial charge is 0.457 e. The maximum atomic E-state index is 5.90. The number of thiophene rings is 1. The van der Waals surface area contributed by atoms with Gasteiger partial charge in [-0.2, -0.15) is 0 Å². The third-order valence-electron chi connectivity index (χ3n) is 3.21. The summed E-state index contributed by atoms with van der Waals surface area (Å²) >= 11 is 1.74. The maximum Gasteiger partial charge on any atom is 0.128 e. The number of hydrogen-bond donors (Lipinski definition) is 0. The Morgan fingerprint density at radius 1 is 0.895 bits per heavy atom. The Morgan fingerprint density at radius 2 is 1.63 bits per heavy atom. The van der Waals surface area contributed by atoms with Crippen LogP contribution in [0.3, 0.4) is 0 Å². The molecular weight excluding hydrogens is 252 g/mol. The van der Waals surface area contributed by atoms with Gasteiger partial charge in [0, 0.05) is 4.70 Å². The van der Waals surface area contributed by atoms with Crippen molar-refractivity contribution in [1.82, 2.24) is 0 Å². The quantitative estimate of drug-likeness (QED) is 0.581. The standard InChI is InChI=1S/C17H16OS/c1-12(2)13-3-6-15(7-4-13)18-16-8-5-14-9-10-19-17(14)11-16/h3-12H,1-2H3. The third kappa shape index (κ3) is 2.64. The van der Waals surface area contributed by atoms with Gasteiger partial charge < -0.3 is 4.74 Å². The fourth-order valence-electron chi connectivity index (χ4n) is 2.06. The van der Waals surface area contributed by atoms with Crippen LogP contribution in [-0.4, -0.2) is 0 Å². The fourth-order valence-corrected chi connectivity index (χ4v) is 2.87. The summed E-state index contributed by atoms with van der Waals surface area (Å²) in [6.07, 6.45) is 0. The molecule has 1 heterocycles. The summed E-state index contributed by atoms with van der Waals surface area (Å²) in [4.78, 5) is 0. The Hall–Kier alpha value is -1.80. The van der Waals surface area contributed by atoms with E-state index in [1.165, 1.54) is 15.6 Å². The molecule has 19 heavy (non-hydrogen) atoms. The van der Waals surface area contributed by atoms with E-state index in [0.717, 1.165) is 11.5 Å². The second kappa shape index (κ2) is 5.06. The molecule has 96 valence electrons. The van der Waals surface area contributed by atoms with E-state index in [2.05, 4.69) is 49.6 Å². The minimum atomic E-state index is 0.552. The summed E-state index contributed by atoms with van der Waals surface area (Å²) in [5.74, 6) is 2.34. The third-order valence-corrected chi connectivity index (χ3v) is 4.09. The van der Waals surface area contributed by atoms with Gasteiger partial charge in [0.1, 0.15) is 11.5 Å². The van der Waals surface area contributed by atoms with Crippen molar-refractivity contribution in [2.45, 2.75) is 19.8 Å². The zero-order chi connectivity index (χ0) is 13.2. The van der Waals surface area contributed by atoms with Crippen molar-refractivity contribution in [3.8, 4) is 11.5 Å². The second-order valence-electron chi connectivity index (χ2n) is 4.95. The second-order valence-corrected chi connectivity index (χ2v) is 5.89. The van der Waals surface area contributed by atoms with E-state index in [0.29, 0.717) is 5.92 Å². The molecule has 2 aromatic carbocycles. The fraction of sp³-hybridized carbons (Fsp3) is 0.176. The maximum absolute atomic E-state index is 5.90. The molecule has 0 fully saturated rings. The van der Waals surface area contributed by atoms with Crippen molar-refractivity contribution in [2.75, 3.05) is 0 Å². The Labute approximate surface area is 117 Å². The molecule has 0 aliphatic heterocycles. The van der Waals surface area contributed by atoms with Crippen LogP contribution in [0, 0.1) is 0 Å². The van der Waals surface area contributed by atoms with Gasteiger partial charge in [0.25, 0.3) is 0 Å². The lowest BCUT2D eigenvalue weighted by Crippen LogP contribution is -1.88. The van der Waals surface area contributed by atoms with Crippen molar-refractivity contribution < 1.29 is 4.74 Å². The highest BCUT2D eigenvalue weighted by Crippen LogP contribution is 2.29. The molecule has 0 bridgehead atoms. The Kier molecular flexibility index (Phi) is 3.26. The van der Waals surface area contributed by atoms with E-state index >= 15 is 0 Å². The molecular formula is C17H16OS. The predicted molar refractivity (Wildman–Crippen MR) is 82.4 cm³/mol. The van der Waals surface area contributed by atoms with E-state index in [9.17, 15) is 0 Å². The van der Waals surface area contributed by atoms with Crippen molar-refractivity contribution in [2.24, 2.45) is 0 Å². The lowest BCUT2D eigenvalue weighted by atomic mass is 10.0. The van der Waals surface area contributed by atoms with Crippen molar-refractivity contribution in [1.29, 1.82) is 0 Å². The average Bonchev–Trinajstić information content (AvgIpc) is 2.87. The smallest absolute Gasteiger partial charge is 0.128 e. The topological polar surface area (TPSA) is 9.23 Å². The highest BCUT2D eigenvalue weighted by Gasteiger charge is 2.02. The summed E-state index contributed by atoms with van der Waals surface area (Å²) in [6.45, 7) is 4.39. The number of benzene rings is 2. The highest BCUT2D eigenvalue weighted by atomic mass is 32.1. The number of fused-ring (bicyclic) bond motifs is 1. The molecule has 2 heteroatoms. The van der Waals surface area contributed by atoms with Gasteiger partial charge in [-0.1, -0.05) is 26.0 Å². The summed E-state index contributed by atoms with van der Waals surface area (Å²) in [7, 11) is 0. The van der Waals surface area contributed by atoms with Gasteiger partial charge in [-0.25, -0.2) is 0 Å².